The second-order valence-electron chi connectivity index (χ2n) is 7.25. The zero-order chi connectivity index (χ0) is 22.1. The van der Waals surface area contributed by atoms with Crippen LogP contribution < -0.4 is 9.61 Å². The number of nitrogens with one attached hydrogen (secondary N) is 1. The number of benzene rings is 3. The summed E-state index contributed by atoms with van der Waals surface area (Å²) in [6.45, 7) is 0.700. The first kappa shape index (κ1) is 21.8. The minimum absolute atomic E-state index is 0.0841. The summed E-state index contributed by atoms with van der Waals surface area (Å²) in [6.07, 6.45) is 0. The molecule has 3 aromatic carbocycles. The third-order valence-corrected chi connectivity index (χ3v) is 9.57. The highest BCUT2D eigenvalue weighted by molar-refractivity contribution is 7.96. The molecule has 1 unspecified atom stereocenters. The fourth-order valence-electron chi connectivity index (χ4n) is 3.83. The van der Waals surface area contributed by atoms with Gasteiger partial charge in [-0.05, 0) is 35.4 Å². The predicted octanol–water partition coefficient (Wildman–Crippen LogP) is 3.81. The number of para-hydroxylation sites is 1. The standard InChI is InChI=1S/C22H20ClNO5S2/c23-29-19-11-5-4-7-16(19)13-24-14-17-8-6-12-20-22(17)21(15-30(20,25)26)31(27,28)18-9-2-1-3-10-18/h1-12,21,24H,13-15H2. The van der Waals surface area contributed by atoms with Crippen molar-refractivity contribution < 1.29 is 21.1 Å². The van der Waals surface area contributed by atoms with Crippen LogP contribution in [0.4, 0.5) is 0 Å². The average Bonchev–Trinajstić information content (AvgIpc) is 3.07. The van der Waals surface area contributed by atoms with E-state index in [2.05, 4.69) is 5.32 Å². The largest absolute Gasteiger partial charge is 0.385 e. The van der Waals surface area contributed by atoms with Crippen LogP contribution in [0.3, 0.4) is 0 Å². The minimum atomic E-state index is -3.88. The molecule has 1 heterocycles. The Balaban J connectivity index is 1.67. The number of hydrogen-bond acceptors (Lipinski definition) is 6. The molecule has 1 atom stereocenters. The second-order valence-corrected chi connectivity index (χ2v) is 11.5. The molecule has 0 bridgehead atoms. The van der Waals surface area contributed by atoms with Crippen molar-refractivity contribution in [1.82, 2.24) is 5.32 Å². The van der Waals surface area contributed by atoms with Gasteiger partial charge in [0.05, 0.1) is 15.5 Å². The van der Waals surface area contributed by atoms with Gasteiger partial charge in [-0.15, -0.1) is 0 Å². The smallest absolute Gasteiger partial charge is 0.186 e. The summed E-state index contributed by atoms with van der Waals surface area (Å²) in [5, 5.41) is 2.09. The molecule has 6 nitrogen and oxygen atoms in total. The lowest BCUT2D eigenvalue weighted by Gasteiger charge is -2.16. The summed E-state index contributed by atoms with van der Waals surface area (Å²) >= 11 is 5.50. The van der Waals surface area contributed by atoms with Crippen molar-refractivity contribution in [3.8, 4) is 5.75 Å². The highest BCUT2D eigenvalue weighted by Gasteiger charge is 2.44. The van der Waals surface area contributed by atoms with Gasteiger partial charge >= 0.3 is 0 Å². The van der Waals surface area contributed by atoms with Crippen molar-refractivity contribution in [2.75, 3.05) is 5.75 Å². The topological polar surface area (TPSA) is 89.5 Å². The lowest BCUT2D eigenvalue weighted by atomic mass is 10.0. The molecule has 0 radical (unpaired) electrons. The fourth-order valence-corrected chi connectivity index (χ4v) is 8.40. The van der Waals surface area contributed by atoms with Crippen molar-refractivity contribution in [2.24, 2.45) is 0 Å². The molecule has 0 spiro atoms. The molecule has 1 aliphatic heterocycles. The Labute approximate surface area is 186 Å². The van der Waals surface area contributed by atoms with Crippen LogP contribution in [-0.4, -0.2) is 22.6 Å². The lowest BCUT2D eigenvalue weighted by molar-refractivity contribution is 0.581. The highest BCUT2D eigenvalue weighted by atomic mass is 35.5. The number of rotatable bonds is 7. The van der Waals surface area contributed by atoms with Crippen LogP contribution in [0, 0.1) is 0 Å². The van der Waals surface area contributed by atoms with Gasteiger partial charge in [0, 0.05) is 18.7 Å². The zero-order valence-corrected chi connectivity index (χ0v) is 18.8. The summed E-state index contributed by atoms with van der Waals surface area (Å²) < 4.78 is 56.9. The molecule has 9 heteroatoms. The van der Waals surface area contributed by atoms with E-state index >= 15 is 0 Å². The van der Waals surface area contributed by atoms with Gasteiger partial charge in [-0.2, -0.15) is 0 Å². The van der Waals surface area contributed by atoms with Gasteiger partial charge in [-0.3, -0.25) is 0 Å². The van der Waals surface area contributed by atoms with Gasteiger partial charge < -0.3 is 9.61 Å². The molecule has 1 N–H and O–H groups in total. The third-order valence-electron chi connectivity index (χ3n) is 5.32. The first-order chi connectivity index (χ1) is 14.8. The van der Waals surface area contributed by atoms with Gasteiger partial charge in [0.25, 0.3) is 0 Å². The zero-order valence-electron chi connectivity index (χ0n) is 16.4. The van der Waals surface area contributed by atoms with E-state index < -0.39 is 30.7 Å². The van der Waals surface area contributed by atoms with Crippen LogP contribution >= 0.6 is 11.9 Å². The monoisotopic (exact) mass is 477 g/mol. The number of sulfone groups is 2. The lowest BCUT2D eigenvalue weighted by Crippen LogP contribution is -2.19. The Morgan fingerprint density at radius 1 is 0.903 bits per heavy atom. The van der Waals surface area contributed by atoms with Crippen molar-refractivity contribution in [3.05, 3.63) is 89.5 Å². The van der Waals surface area contributed by atoms with E-state index in [1.165, 1.54) is 18.2 Å². The quantitative estimate of drug-likeness (QED) is 0.556. The van der Waals surface area contributed by atoms with Crippen LogP contribution in [0.2, 0.25) is 0 Å². The first-order valence-corrected chi connectivity index (χ1v) is 13.1. The maximum atomic E-state index is 13.3. The molecule has 0 aromatic heterocycles. The van der Waals surface area contributed by atoms with Crippen LogP contribution in [0.5, 0.6) is 5.75 Å². The molecule has 1 aliphatic rings. The Morgan fingerprint density at radius 3 is 2.29 bits per heavy atom. The van der Waals surface area contributed by atoms with Crippen LogP contribution in [0.1, 0.15) is 21.9 Å². The molecule has 0 aliphatic carbocycles. The maximum Gasteiger partial charge on any atom is 0.186 e. The van der Waals surface area contributed by atoms with Crippen LogP contribution in [0.25, 0.3) is 0 Å². The van der Waals surface area contributed by atoms with Gasteiger partial charge in [-0.25, -0.2) is 16.8 Å². The molecule has 0 amide bonds. The van der Waals surface area contributed by atoms with E-state index in [4.69, 9.17) is 16.2 Å². The van der Waals surface area contributed by atoms with E-state index in [0.29, 0.717) is 23.4 Å². The van der Waals surface area contributed by atoms with Gasteiger partial charge in [-0.1, -0.05) is 48.5 Å². The van der Waals surface area contributed by atoms with Crippen LogP contribution in [-0.2, 0) is 32.8 Å². The van der Waals surface area contributed by atoms with Gasteiger partial charge in [0.1, 0.15) is 17.1 Å². The maximum absolute atomic E-state index is 13.3. The molecule has 31 heavy (non-hydrogen) atoms. The normalized spacial score (nSPS) is 17.3. The summed E-state index contributed by atoms with van der Waals surface area (Å²) in [7, 11) is -7.58. The molecule has 0 saturated carbocycles. The summed E-state index contributed by atoms with van der Waals surface area (Å²) in [4.78, 5) is 0.194. The predicted molar refractivity (Wildman–Crippen MR) is 118 cm³/mol. The van der Waals surface area contributed by atoms with E-state index in [1.54, 1.807) is 42.5 Å². The molecule has 3 aromatic rings. The molecular weight excluding hydrogens is 458 g/mol. The summed E-state index contributed by atoms with van der Waals surface area (Å²) in [5.74, 6) is 0.0570. The average molecular weight is 478 g/mol. The fraction of sp³-hybridized carbons (Fsp3) is 0.182. The van der Waals surface area contributed by atoms with Crippen molar-refractivity contribution in [1.29, 1.82) is 0 Å². The molecule has 0 saturated heterocycles. The molecule has 162 valence electrons. The Kier molecular flexibility index (Phi) is 6.07. The van der Waals surface area contributed by atoms with Crippen molar-refractivity contribution >= 4 is 31.5 Å². The minimum Gasteiger partial charge on any atom is -0.385 e. The van der Waals surface area contributed by atoms with E-state index in [1.807, 2.05) is 12.1 Å². The second kappa shape index (κ2) is 8.63. The first-order valence-electron chi connectivity index (χ1n) is 9.55. The van der Waals surface area contributed by atoms with Gasteiger partial charge in [0.15, 0.2) is 25.4 Å². The molecule has 4 rings (SSSR count). The van der Waals surface area contributed by atoms with E-state index in [-0.39, 0.29) is 16.3 Å². The van der Waals surface area contributed by atoms with E-state index in [0.717, 1.165) is 5.56 Å². The molecule has 0 fully saturated rings. The van der Waals surface area contributed by atoms with E-state index in [9.17, 15) is 16.8 Å². The number of fused-ring (bicyclic) bond motifs is 1. The highest BCUT2D eigenvalue weighted by Crippen LogP contribution is 2.42. The van der Waals surface area contributed by atoms with Gasteiger partial charge in [0.2, 0.25) is 0 Å². The Morgan fingerprint density at radius 2 is 1.55 bits per heavy atom. The SMILES string of the molecule is O=S1(=O)CC(S(=O)(=O)c2ccccc2)c2c(CNCc3ccccc3OCl)cccc21. The third kappa shape index (κ3) is 4.21. The number of hydrogen-bond donors (Lipinski definition) is 1. The van der Waals surface area contributed by atoms with Crippen LogP contribution in [0.15, 0.2) is 82.6 Å². The Hall–Kier alpha value is -2.39. The van der Waals surface area contributed by atoms with Crippen molar-refractivity contribution in [3.63, 3.8) is 0 Å². The Bertz CT molecular complexity index is 1310. The van der Waals surface area contributed by atoms with Crippen molar-refractivity contribution in [2.45, 2.75) is 28.1 Å². The summed E-state index contributed by atoms with van der Waals surface area (Å²) in [6, 6.07) is 20.1. The number of halogens is 1. The molecular formula is C22H20ClNO5S2. The summed E-state index contributed by atoms with van der Waals surface area (Å²) in [5.41, 5.74) is 1.80.